The summed E-state index contributed by atoms with van der Waals surface area (Å²) in [4.78, 5) is 14.1. The average Bonchev–Trinajstić information content (AvgIpc) is 2.43. The lowest BCUT2D eigenvalue weighted by atomic mass is 10.1. The second kappa shape index (κ2) is 6.40. The van der Waals surface area contributed by atoms with Gasteiger partial charge in [0.15, 0.2) is 0 Å². The molecular formula is C19H32N4O2. The van der Waals surface area contributed by atoms with Crippen LogP contribution in [0, 0.1) is 6.92 Å². The van der Waals surface area contributed by atoms with Crippen LogP contribution in [0.15, 0.2) is 6.20 Å². The first-order valence-electron chi connectivity index (χ1n) is 9.24. The van der Waals surface area contributed by atoms with Crippen molar-refractivity contribution in [2.75, 3.05) is 36.0 Å². The molecule has 2 atom stereocenters. The van der Waals surface area contributed by atoms with Gasteiger partial charge in [0, 0.05) is 37.9 Å². The molecule has 0 amide bonds. The van der Waals surface area contributed by atoms with Crippen molar-refractivity contribution in [3.05, 3.63) is 11.8 Å². The third kappa shape index (κ3) is 4.23. The van der Waals surface area contributed by atoms with Gasteiger partial charge in [-0.2, -0.15) is 4.98 Å². The molecular weight excluding hydrogens is 316 g/mol. The van der Waals surface area contributed by atoms with Crippen molar-refractivity contribution in [1.29, 1.82) is 0 Å². The van der Waals surface area contributed by atoms with Crippen molar-refractivity contribution in [3.8, 4) is 0 Å². The molecule has 0 radical (unpaired) electrons. The highest BCUT2D eigenvalue weighted by atomic mass is 16.5. The van der Waals surface area contributed by atoms with Crippen LogP contribution in [0.1, 0.15) is 47.1 Å². The number of ether oxygens (including phenoxy) is 2. The lowest BCUT2D eigenvalue weighted by Crippen LogP contribution is -2.53. The summed E-state index contributed by atoms with van der Waals surface area (Å²) in [6, 6.07) is 0. The lowest BCUT2D eigenvalue weighted by molar-refractivity contribution is -0.0754. The molecule has 2 aliphatic heterocycles. The highest BCUT2D eigenvalue weighted by molar-refractivity contribution is 5.51. The van der Waals surface area contributed by atoms with Crippen LogP contribution < -0.4 is 9.80 Å². The van der Waals surface area contributed by atoms with E-state index in [1.807, 2.05) is 6.20 Å². The lowest BCUT2D eigenvalue weighted by Gasteiger charge is -2.43. The van der Waals surface area contributed by atoms with Gasteiger partial charge in [0.1, 0.15) is 5.82 Å². The molecule has 6 nitrogen and oxygen atoms in total. The van der Waals surface area contributed by atoms with E-state index in [1.165, 1.54) is 0 Å². The van der Waals surface area contributed by atoms with Gasteiger partial charge >= 0.3 is 0 Å². The Labute approximate surface area is 151 Å². The van der Waals surface area contributed by atoms with E-state index in [4.69, 9.17) is 14.5 Å². The predicted octanol–water partition coefficient (Wildman–Crippen LogP) is 2.79. The Bertz CT molecular complexity index is 632. The summed E-state index contributed by atoms with van der Waals surface area (Å²) < 4.78 is 12.1. The Morgan fingerprint density at radius 3 is 2.04 bits per heavy atom. The van der Waals surface area contributed by atoms with Crippen molar-refractivity contribution >= 4 is 11.8 Å². The van der Waals surface area contributed by atoms with E-state index in [2.05, 4.69) is 63.2 Å². The molecule has 2 aliphatic rings. The van der Waals surface area contributed by atoms with Gasteiger partial charge in [-0.05, 0) is 48.5 Å². The van der Waals surface area contributed by atoms with Crippen LogP contribution in [0.2, 0.25) is 0 Å². The first kappa shape index (κ1) is 18.4. The maximum atomic E-state index is 6.04. The van der Waals surface area contributed by atoms with Gasteiger partial charge in [-0.1, -0.05) is 0 Å². The fourth-order valence-electron chi connectivity index (χ4n) is 4.12. The van der Waals surface area contributed by atoms with Crippen molar-refractivity contribution in [2.24, 2.45) is 0 Å². The standard InChI is InChI=1S/C19H32N4O2/c1-13-8-20-17(23-10-15(3)25-19(6,7)12-23)21-16(13)22-9-14(2)24-18(4,5)11-22/h8,14-15H,9-12H2,1-7H3/t14-,15+/m0/s1. The number of rotatable bonds is 2. The summed E-state index contributed by atoms with van der Waals surface area (Å²) in [6.45, 7) is 18.1. The molecule has 0 aliphatic carbocycles. The number of anilines is 2. The number of hydrogen-bond acceptors (Lipinski definition) is 6. The third-order valence-corrected chi connectivity index (χ3v) is 4.65. The van der Waals surface area contributed by atoms with E-state index >= 15 is 0 Å². The summed E-state index contributed by atoms with van der Waals surface area (Å²) >= 11 is 0. The molecule has 3 rings (SSSR count). The van der Waals surface area contributed by atoms with Crippen molar-refractivity contribution in [3.63, 3.8) is 0 Å². The molecule has 6 heteroatoms. The predicted molar refractivity (Wildman–Crippen MR) is 100 cm³/mol. The molecule has 140 valence electrons. The van der Waals surface area contributed by atoms with Crippen molar-refractivity contribution in [2.45, 2.75) is 71.9 Å². The molecule has 25 heavy (non-hydrogen) atoms. The van der Waals surface area contributed by atoms with Crippen molar-refractivity contribution < 1.29 is 9.47 Å². The second-order valence-corrected chi connectivity index (χ2v) is 8.81. The summed E-state index contributed by atoms with van der Waals surface area (Å²) in [7, 11) is 0. The topological polar surface area (TPSA) is 50.7 Å². The molecule has 0 aromatic carbocycles. The highest BCUT2D eigenvalue weighted by Gasteiger charge is 2.35. The van der Waals surface area contributed by atoms with Gasteiger partial charge in [0.05, 0.1) is 23.4 Å². The minimum absolute atomic E-state index is 0.166. The van der Waals surface area contributed by atoms with Gasteiger partial charge < -0.3 is 19.3 Å². The highest BCUT2D eigenvalue weighted by Crippen LogP contribution is 2.29. The fourth-order valence-corrected chi connectivity index (χ4v) is 4.12. The minimum Gasteiger partial charge on any atom is -0.369 e. The summed E-state index contributed by atoms with van der Waals surface area (Å²) in [6.07, 6.45) is 2.29. The maximum Gasteiger partial charge on any atom is 0.227 e. The summed E-state index contributed by atoms with van der Waals surface area (Å²) in [5.74, 6) is 1.81. The molecule has 2 fully saturated rings. The van der Waals surface area contributed by atoms with Gasteiger partial charge in [-0.15, -0.1) is 0 Å². The summed E-state index contributed by atoms with van der Waals surface area (Å²) in [5.41, 5.74) is 0.737. The average molecular weight is 348 g/mol. The zero-order chi connectivity index (χ0) is 18.4. The molecule has 1 aromatic rings. The van der Waals surface area contributed by atoms with E-state index in [9.17, 15) is 0 Å². The van der Waals surface area contributed by atoms with Gasteiger partial charge in [0.25, 0.3) is 0 Å². The fraction of sp³-hybridized carbons (Fsp3) is 0.789. The van der Waals surface area contributed by atoms with Crippen LogP contribution in [0.25, 0.3) is 0 Å². The smallest absolute Gasteiger partial charge is 0.227 e. The summed E-state index contributed by atoms with van der Waals surface area (Å²) in [5, 5.41) is 0. The normalized spacial score (nSPS) is 28.9. The number of morpholine rings is 2. The first-order chi connectivity index (χ1) is 11.5. The molecule has 1 aromatic heterocycles. The number of aryl methyl sites for hydroxylation is 1. The van der Waals surface area contributed by atoms with Gasteiger partial charge in [-0.3, -0.25) is 0 Å². The quantitative estimate of drug-likeness (QED) is 0.819. The zero-order valence-corrected chi connectivity index (χ0v) is 16.7. The number of nitrogens with zero attached hydrogens (tertiary/aromatic N) is 4. The maximum absolute atomic E-state index is 6.04. The van der Waals surface area contributed by atoms with E-state index in [0.29, 0.717) is 0 Å². The Morgan fingerprint density at radius 2 is 1.48 bits per heavy atom. The Morgan fingerprint density at radius 1 is 0.960 bits per heavy atom. The minimum atomic E-state index is -0.193. The molecule has 0 bridgehead atoms. The van der Waals surface area contributed by atoms with Crippen LogP contribution in [0.3, 0.4) is 0 Å². The third-order valence-electron chi connectivity index (χ3n) is 4.65. The largest absolute Gasteiger partial charge is 0.369 e. The molecule has 0 saturated carbocycles. The molecule has 0 spiro atoms. The molecule has 0 unspecified atom stereocenters. The van der Waals surface area contributed by atoms with Gasteiger partial charge in [0.2, 0.25) is 5.95 Å². The van der Waals surface area contributed by atoms with E-state index < -0.39 is 0 Å². The van der Waals surface area contributed by atoms with Gasteiger partial charge in [-0.25, -0.2) is 4.98 Å². The SMILES string of the molecule is Cc1cnc(N2C[C@@H](C)OC(C)(C)C2)nc1N1C[C@H](C)OC(C)(C)C1. The van der Waals surface area contributed by atoms with Crippen LogP contribution >= 0.6 is 0 Å². The Kier molecular flexibility index (Phi) is 4.71. The second-order valence-electron chi connectivity index (χ2n) is 8.81. The number of hydrogen-bond donors (Lipinski definition) is 0. The Balaban J connectivity index is 1.88. The zero-order valence-electron chi connectivity index (χ0n) is 16.7. The first-order valence-corrected chi connectivity index (χ1v) is 9.24. The molecule has 2 saturated heterocycles. The Hall–Kier alpha value is -1.40. The van der Waals surface area contributed by atoms with Crippen LogP contribution in [-0.4, -0.2) is 59.6 Å². The van der Waals surface area contributed by atoms with Crippen LogP contribution in [0.5, 0.6) is 0 Å². The van der Waals surface area contributed by atoms with Crippen molar-refractivity contribution in [1.82, 2.24) is 9.97 Å². The number of aromatic nitrogens is 2. The van der Waals surface area contributed by atoms with E-state index in [0.717, 1.165) is 43.5 Å². The van der Waals surface area contributed by atoms with Crippen LogP contribution in [-0.2, 0) is 9.47 Å². The monoisotopic (exact) mass is 348 g/mol. The van der Waals surface area contributed by atoms with E-state index in [-0.39, 0.29) is 23.4 Å². The van der Waals surface area contributed by atoms with Crippen LogP contribution in [0.4, 0.5) is 11.8 Å². The van der Waals surface area contributed by atoms with E-state index in [1.54, 1.807) is 0 Å². The molecule has 3 heterocycles. The molecule has 0 N–H and O–H groups in total.